The van der Waals surface area contributed by atoms with E-state index in [2.05, 4.69) is 5.16 Å². The van der Waals surface area contributed by atoms with Crippen LogP contribution in [0.1, 0.15) is 6.42 Å². The van der Waals surface area contributed by atoms with Crippen molar-refractivity contribution in [3.63, 3.8) is 0 Å². The van der Waals surface area contributed by atoms with Gasteiger partial charge in [-0.05, 0) is 0 Å². The van der Waals surface area contributed by atoms with Crippen LogP contribution in [0.25, 0.3) is 0 Å². The molecule has 0 radical (unpaired) electrons. The van der Waals surface area contributed by atoms with E-state index in [0.717, 1.165) is 0 Å². The van der Waals surface area contributed by atoms with Crippen LogP contribution in [-0.4, -0.2) is 39.6 Å². The van der Waals surface area contributed by atoms with Gasteiger partial charge in [0.25, 0.3) is 0 Å². The lowest BCUT2D eigenvalue weighted by Crippen LogP contribution is -2.13. The van der Waals surface area contributed by atoms with E-state index in [-0.39, 0.29) is 12.6 Å². The maximum atomic E-state index is 10.6. The highest BCUT2D eigenvalue weighted by atomic mass is 31.1. The largest absolute Gasteiger partial charge is 0.477 e. The summed E-state index contributed by atoms with van der Waals surface area (Å²) in [5, 5.41) is 27.3. The predicted octanol–water partition coefficient (Wildman–Crippen LogP) is 0.0685. The molecule has 0 heterocycles. The summed E-state index contributed by atoms with van der Waals surface area (Å²) in [7, 11) is -1.79. The molecule has 0 aromatic heterocycles. The molecule has 0 aromatic rings. The van der Waals surface area contributed by atoms with Gasteiger partial charge in [-0.25, -0.2) is 4.79 Å². The van der Waals surface area contributed by atoms with Crippen molar-refractivity contribution in [1.82, 2.24) is 0 Å². The van der Waals surface area contributed by atoms with Gasteiger partial charge in [0, 0.05) is 6.42 Å². The van der Waals surface area contributed by atoms with Crippen molar-refractivity contribution in [2.45, 2.75) is 6.42 Å². The van der Waals surface area contributed by atoms with E-state index in [1.165, 1.54) is 0 Å². The second kappa shape index (κ2) is 5.62. The number of aliphatic hydroxyl groups is 1. The molecule has 0 aliphatic heterocycles. The van der Waals surface area contributed by atoms with Crippen LogP contribution in [0.2, 0.25) is 0 Å². The molecule has 0 aliphatic carbocycles. The minimum Gasteiger partial charge on any atom is -0.477 e. The summed E-state index contributed by atoms with van der Waals surface area (Å²) in [5.41, 5.74) is -0.452. The first-order valence-electron chi connectivity index (χ1n) is 3.09. The van der Waals surface area contributed by atoms with E-state index in [1.807, 2.05) is 0 Å². The van der Waals surface area contributed by atoms with Gasteiger partial charge in [-0.2, -0.15) is 0 Å². The minimum atomic E-state index is -1.79. The lowest BCUT2D eigenvalue weighted by molar-refractivity contribution is -0.129. The molecule has 7 heteroatoms. The smallest absolute Gasteiger partial charge is 0.367 e. The summed E-state index contributed by atoms with van der Waals surface area (Å²) in [5.74, 6) is -1.35. The molecule has 12 heavy (non-hydrogen) atoms. The van der Waals surface area contributed by atoms with Crippen LogP contribution >= 0.6 is 7.80 Å². The van der Waals surface area contributed by atoms with Crippen LogP contribution in [0.4, 0.5) is 0 Å². The van der Waals surface area contributed by atoms with Crippen molar-refractivity contribution in [2.75, 3.05) is 12.5 Å². The summed E-state index contributed by atoms with van der Waals surface area (Å²) in [4.78, 5) is 10.2. The lowest BCUT2D eigenvalue weighted by Gasteiger charge is -1.90. The molecule has 0 bridgehead atoms. The number of carbonyl (C=O) groups is 1. The molecule has 0 fully saturated rings. The zero-order chi connectivity index (χ0) is 9.56. The van der Waals surface area contributed by atoms with E-state index in [1.54, 1.807) is 0 Å². The molecule has 0 aliphatic rings. The Bertz CT molecular complexity index is 214. The lowest BCUT2D eigenvalue weighted by atomic mass is 10.3. The second-order valence-corrected chi connectivity index (χ2v) is 3.64. The van der Waals surface area contributed by atoms with Crippen LogP contribution in [0.3, 0.4) is 0 Å². The normalized spacial score (nSPS) is 12.8. The molecule has 0 saturated heterocycles. The highest BCUT2D eigenvalue weighted by Crippen LogP contribution is 2.18. The first kappa shape index (κ1) is 11.0. The topological polar surface area (TPSA) is 107 Å². The van der Waals surface area contributed by atoms with Crippen molar-refractivity contribution >= 4 is 19.5 Å². The van der Waals surface area contributed by atoms with E-state index >= 15 is 0 Å². The Morgan fingerprint density at radius 3 is 2.42 bits per heavy atom. The first-order valence-corrected chi connectivity index (χ1v) is 4.72. The van der Waals surface area contributed by atoms with Gasteiger partial charge in [0.1, 0.15) is 0 Å². The zero-order valence-corrected chi connectivity index (χ0v) is 7.07. The predicted molar refractivity (Wildman–Crippen MR) is 41.0 cm³/mol. The third-order valence-corrected chi connectivity index (χ3v) is 2.16. The van der Waals surface area contributed by atoms with Crippen molar-refractivity contribution in [2.24, 2.45) is 5.16 Å². The van der Waals surface area contributed by atoms with Gasteiger partial charge < -0.3 is 15.4 Å². The Kier molecular flexibility index (Phi) is 5.16. The number of hydrogen-bond donors (Lipinski definition) is 3. The van der Waals surface area contributed by atoms with Crippen LogP contribution < -0.4 is 0 Å². The highest BCUT2D eigenvalue weighted by Gasteiger charge is 2.18. The number of carboxylic acid groups (broad SMARTS) is 1. The van der Waals surface area contributed by atoms with Gasteiger partial charge in [0.05, 0.1) is 0 Å². The van der Waals surface area contributed by atoms with Gasteiger partial charge in [-0.15, -0.1) is 0 Å². The number of carboxylic acids is 1. The second-order valence-electron chi connectivity index (χ2n) is 1.95. The van der Waals surface area contributed by atoms with Gasteiger partial charge in [0.15, 0.2) is 11.9 Å². The van der Waals surface area contributed by atoms with Crippen LogP contribution in [0.5, 0.6) is 0 Å². The summed E-state index contributed by atoms with van der Waals surface area (Å²) in [6.07, 6.45) is -0.577. The Morgan fingerprint density at radius 1 is 1.50 bits per heavy atom. The Morgan fingerprint density at radius 2 is 2.08 bits per heavy atom. The Labute approximate surface area is 69.3 Å². The molecule has 0 aromatic carbocycles. The van der Waals surface area contributed by atoms with Crippen molar-refractivity contribution in [3.05, 3.63) is 0 Å². The fourth-order valence-corrected chi connectivity index (χ4v) is 1.10. The maximum absolute atomic E-state index is 10.6. The minimum absolute atomic E-state index is 0.0114. The zero-order valence-electron chi connectivity index (χ0n) is 6.17. The summed E-state index contributed by atoms with van der Waals surface area (Å²) in [6, 6.07) is 0. The number of hydrogen-bond acceptors (Lipinski definition) is 5. The number of oxime groups is 1. The average Bonchev–Trinajstić information content (AvgIpc) is 2.04. The molecule has 1 atom stereocenters. The fraction of sp³-hybridized carbons (Fsp3) is 0.600. The van der Waals surface area contributed by atoms with Crippen LogP contribution in [0, 0.1) is 0 Å². The molecule has 1 unspecified atom stereocenters. The van der Waals surface area contributed by atoms with Gasteiger partial charge in [0.2, 0.25) is 6.35 Å². The molecule has 68 valence electrons. The number of aliphatic hydroxyl groups excluding tert-OH is 1. The summed E-state index contributed by atoms with van der Waals surface area (Å²) < 4.78 is 10.6. The number of aliphatic carboxylic acids is 1. The van der Waals surface area contributed by atoms with Crippen LogP contribution in [0.15, 0.2) is 5.16 Å². The number of nitrogens with zero attached hydrogens (tertiary/aromatic N) is 1. The standard InChI is InChI=1S/C5H8NO5P/c7-3-12(11)2-1-4(6-10)5(8)9/h7H,1-3H2,(H-,8,9,10)/p+1. The Hall–Kier alpha value is -1.00. The third-order valence-electron chi connectivity index (χ3n) is 1.12. The Balaban J connectivity index is 3.91. The van der Waals surface area contributed by atoms with E-state index < -0.39 is 25.8 Å². The third kappa shape index (κ3) is 4.00. The van der Waals surface area contributed by atoms with E-state index in [4.69, 9.17) is 15.4 Å². The average molecular weight is 194 g/mol. The molecule has 6 nitrogen and oxygen atoms in total. The van der Waals surface area contributed by atoms with Crippen LogP contribution in [-0.2, 0) is 9.36 Å². The van der Waals surface area contributed by atoms with Gasteiger partial charge in [-0.3, -0.25) is 0 Å². The van der Waals surface area contributed by atoms with Gasteiger partial charge >= 0.3 is 13.8 Å². The molecule has 3 N–H and O–H groups in total. The summed E-state index contributed by atoms with van der Waals surface area (Å²) >= 11 is 0. The molecule has 0 saturated carbocycles. The molecule has 0 amide bonds. The van der Waals surface area contributed by atoms with Gasteiger partial charge in [-0.1, -0.05) is 9.72 Å². The highest BCUT2D eigenvalue weighted by molar-refractivity contribution is 7.44. The quantitative estimate of drug-likeness (QED) is 0.248. The monoisotopic (exact) mass is 194 g/mol. The van der Waals surface area contributed by atoms with Crippen molar-refractivity contribution < 1.29 is 24.8 Å². The molecule has 0 spiro atoms. The molecular formula is C5H9NO5P+. The first-order chi connectivity index (χ1) is 5.61. The SMILES string of the molecule is O=C(O)C(CC[P+](=O)CO)=NO. The number of rotatable bonds is 5. The fourth-order valence-electron chi connectivity index (χ4n) is 0.501. The van der Waals surface area contributed by atoms with E-state index in [0.29, 0.717) is 0 Å². The van der Waals surface area contributed by atoms with Crippen molar-refractivity contribution in [3.8, 4) is 0 Å². The maximum Gasteiger partial charge on any atom is 0.367 e. The molecule has 0 rings (SSSR count). The van der Waals surface area contributed by atoms with E-state index in [9.17, 15) is 9.36 Å². The van der Waals surface area contributed by atoms with Crippen molar-refractivity contribution in [1.29, 1.82) is 0 Å². The summed E-state index contributed by atoms with van der Waals surface area (Å²) in [6.45, 7) is 0. The molecular weight excluding hydrogens is 185 g/mol.